The van der Waals surface area contributed by atoms with Crippen LogP contribution in [0.3, 0.4) is 0 Å². The highest BCUT2D eigenvalue weighted by Crippen LogP contribution is 2.24. The SMILES string of the molecule is CCCCCCOP(O)O.Cc1ccccc1. The van der Waals surface area contributed by atoms with Gasteiger partial charge in [-0.05, 0) is 13.3 Å². The van der Waals surface area contributed by atoms with Crippen molar-refractivity contribution in [2.45, 2.75) is 39.5 Å². The fraction of sp³-hybridized carbons (Fsp3) is 0.538. The molecule has 4 heteroatoms. The van der Waals surface area contributed by atoms with E-state index in [1.807, 2.05) is 18.2 Å². The average molecular weight is 258 g/mol. The Kier molecular flexibility index (Phi) is 11.7. The second-order valence-electron chi connectivity index (χ2n) is 3.80. The fourth-order valence-electron chi connectivity index (χ4n) is 1.21. The van der Waals surface area contributed by atoms with E-state index in [0.717, 1.165) is 12.8 Å². The van der Waals surface area contributed by atoms with Gasteiger partial charge in [0.05, 0.1) is 6.61 Å². The van der Waals surface area contributed by atoms with Gasteiger partial charge in [0.15, 0.2) is 0 Å². The van der Waals surface area contributed by atoms with Crippen LogP contribution in [-0.2, 0) is 4.52 Å². The maximum Gasteiger partial charge on any atom is 0.327 e. The van der Waals surface area contributed by atoms with Gasteiger partial charge >= 0.3 is 8.60 Å². The van der Waals surface area contributed by atoms with Crippen LogP contribution in [-0.4, -0.2) is 16.4 Å². The quantitative estimate of drug-likeness (QED) is 0.603. The lowest BCUT2D eigenvalue weighted by atomic mass is 10.2. The van der Waals surface area contributed by atoms with Crippen molar-refractivity contribution in [3.05, 3.63) is 35.9 Å². The van der Waals surface area contributed by atoms with Crippen LogP contribution in [0.2, 0.25) is 0 Å². The molecule has 1 rings (SSSR count). The minimum Gasteiger partial charge on any atom is -0.328 e. The maximum atomic E-state index is 8.31. The summed E-state index contributed by atoms with van der Waals surface area (Å²) in [5.41, 5.74) is 1.32. The maximum absolute atomic E-state index is 8.31. The lowest BCUT2D eigenvalue weighted by Crippen LogP contribution is -1.88. The molecule has 0 aliphatic heterocycles. The summed E-state index contributed by atoms with van der Waals surface area (Å²) < 4.78 is 4.56. The van der Waals surface area contributed by atoms with Crippen molar-refractivity contribution < 1.29 is 14.3 Å². The molecule has 0 bridgehead atoms. The molecule has 1 aromatic carbocycles. The summed E-state index contributed by atoms with van der Waals surface area (Å²) in [4.78, 5) is 16.6. The molecule has 17 heavy (non-hydrogen) atoms. The first kappa shape index (κ1) is 16.5. The predicted octanol–water partition coefficient (Wildman–Crippen LogP) is 3.79. The van der Waals surface area contributed by atoms with Crippen LogP contribution in [0.5, 0.6) is 0 Å². The van der Waals surface area contributed by atoms with E-state index in [1.54, 1.807) is 0 Å². The number of hydrogen-bond acceptors (Lipinski definition) is 3. The first-order valence-corrected chi connectivity index (χ1v) is 7.15. The smallest absolute Gasteiger partial charge is 0.327 e. The molecule has 3 nitrogen and oxygen atoms in total. The highest BCUT2D eigenvalue weighted by molar-refractivity contribution is 7.39. The van der Waals surface area contributed by atoms with Crippen LogP contribution in [0, 0.1) is 6.92 Å². The largest absolute Gasteiger partial charge is 0.328 e. The van der Waals surface area contributed by atoms with Crippen molar-refractivity contribution >= 4 is 8.60 Å². The zero-order valence-corrected chi connectivity index (χ0v) is 11.6. The van der Waals surface area contributed by atoms with E-state index in [1.165, 1.54) is 18.4 Å². The Morgan fingerprint density at radius 3 is 2.12 bits per heavy atom. The molecule has 0 amide bonds. The second kappa shape index (κ2) is 12.0. The van der Waals surface area contributed by atoms with Crippen LogP contribution in [0.1, 0.15) is 38.2 Å². The summed E-state index contributed by atoms with van der Waals surface area (Å²) in [6, 6.07) is 10.3. The van der Waals surface area contributed by atoms with Crippen molar-refractivity contribution in [3.8, 4) is 0 Å². The minimum absolute atomic E-state index is 0.471. The Balaban J connectivity index is 0.000000318. The highest BCUT2D eigenvalue weighted by Gasteiger charge is 1.96. The zero-order chi connectivity index (χ0) is 12.9. The van der Waals surface area contributed by atoms with E-state index in [4.69, 9.17) is 9.79 Å². The number of benzene rings is 1. The van der Waals surface area contributed by atoms with Gasteiger partial charge in [0.25, 0.3) is 0 Å². The molecule has 0 aliphatic rings. The lowest BCUT2D eigenvalue weighted by molar-refractivity contribution is 0.249. The first-order valence-electron chi connectivity index (χ1n) is 5.99. The normalized spacial score (nSPS) is 9.94. The van der Waals surface area contributed by atoms with Crippen LogP contribution in [0.4, 0.5) is 0 Å². The summed E-state index contributed by atoms with van der Waals surface area (Å²) >= 11 is 0. The topological polar surface area (TPSA) is 49.7 Å². The van der Waals surface area contributed by atoms with Gasteiger partial charge in [0.1, 0.15) is 0 Å². The van der Waals surface area contributed by atoms with Gasteiger partial charge in [0, 0.05) is 0 Å². The number of aryl methyl sites for hydroxylation is 1. The molecule has 0 heterocycles. The van der Waals surface area contributed by atoms with E-state index < -0.39 is 8.60 Å². The van der Waals surface area contributed by atoms with Crippen LogP contribution in [0.25, 0.3) is 0 Å². The third kappa shape index (κ3) is 13.5. The highest BCUT2D eigenvalue weighted by atomic mass is 31.2. The van der Waals surface area contributed by atoms with E-state index in [9.17, 15) is 0 Å². The standard InChI is InChI=1S/C7H8.C6H15O3P/c1-7-5-3-2-4-6-7;1-2-3-4-5-6-9-10(7)8/h2-6H,1H3;7-8H,2-6H2,1H3. The van der Waals surface area contributed by atoms with Gasteiger partial charge in [-0.15, -0.1) is 0 Å². The summed E-state index contributed by atoms with van der Waals surface area (Å²) in [5.74, 6) is 0. The monoisotopic (exact) mass is 258 g/mol. The van der Waals surface area contributed by atoms with Crippen molar-refractivity contribution in [2.75, 3.05) is 6.61 Å². The van der Waals surface area contributed by atoms with E-state index in [-0.39, 0.29) is 0 Å². The van der Waals surface area contributed by atoms with Crippen molar-refractivity contribution in [2.24, 2.45) is 0 Å². The van der Waals surface area contributed by atoms with Gasteiger partial charge < -0.3 is 14.3 Å². The molecule has 0 saturated heterocycles. The minimum atomic E-state index is -2.12. The van der Waals surface area contributed by atoms with Crippen LogP contribution in [0.15, 0.2) is 30.3 Å². The molecule has 2 N–H and O–H groups in total. The molecule has 0 unspecified atom stereocenters. The van der Waals surface area contributed by atoms with E-state index in [2.05, 4.69) is 30.5 Å². The molecule has 0 aliphatic carbocycles. The van der Waals surface area contributed by atoms with Gasteiger partial charge in [-0.3, -0.25) is 0 Å². The lowest BCUT2D eigenvalue weighted by Gasteiger charge is -2.01. The fourth-order valence-corrected chi connectivity index (χ4v) is 1.50. The van der Waals surface area contributed by atoms with Gasteiger partial charge in [0.2, 0.25) is 0 Å². The molecule has 1 aromatic rings. The van der Waals surface area contributed by atoms with Crippen molar-refractivity contribution in [3.63, 3.8) is 0 Å². The van der Waals surface area contributed by atoms with Crippen LogP contribution < -0.4 is 0 Å². The Hall–Kier alpha value is -0.470. The Bertz CT molecular complexity index is 252. The Labute approximate surface area is 105 Å². The summed E-state index contributed by atoms with van der Waals surface area (Å²) in [6.07, 6.45) is 4.42. The average Bonchev–Trinajstić information content (AvgIpc) is 2.30. The van der Waals surface area contributed by atoms with Crippen LogP contribution >= 0.6 is 8.60 Å². The third-order valence-corrected chi connectivity index (χ3v) is 2.56. The van der Waals surface area contributed by atoms with Gasteiger partial charge in [-0.2, -0.15) is 0 Å². The molecule has 0 spiro atoms. The molecule has 0 atom stereocenters. The van der Waals surface area contributed by atoms with E-state index in [0.29, 0.717) is 6.61 Å². The molecular formula is C13H23O3P. The second-order valence-corrected chi connectivity index (χ2v) is 4.57. The van der Waals surface area contributed by atoms with Crippen molar-refractivity contribution in [1.29, 1.82) is 0 Å². The molecular weight excluding hydrogens is 235 g/mol. The molecule has 0 saturated carbocycles. The predicted molar refractivity (Wildman–Crippen MR) is 72.6 cm³/mol. The van der Waals surface area contributed by atoms with Gasteiger partial charge in [-0.25, -0.2) is 0 Å². The van der Waals surface area contributed by atoms with E-state index >= 15 is 0 Å². The summed E-state index contributed by atoms with van der Waals surface area (Å²) in [6.45, 7) is 4.69. The summed E-state index contributed by atoms with van der Waals surface area (Å²) in [7, 11) is -2.12. The Morgan fingerprint density at radius 2 is 1.71 bits per heavy atom. The summed E-state index contributed by atoms with van der Waals surface area (Å²) in [5, 5.41) is 0. The van der Waals surface area contributed by atoms with Crippen molar-refractivity contribution in [1.82, 2.24) is 0 Å². The number of rotatable bonds is 6. The number of hydrogen-bond donors (Lipinski definition) is 2. The molecule has 0 fully saturated rings. The van der Waals surface area contributed by atoms with Gasteiger partial charge in [-0.1, -0.05) is 62.1 Å². The molecule has 98 valence electrons. The molecule has 0 aromatic heterocycles. The number of unbranched alkanes of at least 4 members (excludes halogenated alkanes) is 3. The third-order valence-electron chi connectivity index (χ3n) is 2.15. The zero-order valence-electron chi connectivity index (χ0n) is 10.7. The molecule has 0 radical (unpaired) electrons. The Morgan fingerprint density at radius 1 is 1.06 bits per heavy atom. The first-order chi connectivity index (χ1) is 8.16.